The standard InChI is InChI=1S/C31H37F6N3O4/c1-18-5-6-19(2)24(13-18)26-25-17-29(7-11-41,8-12-42)27(43)39(25)9-10-40(26)28(44)38(4)20(3)21-14-22(30(32,33)34)16-23(15-21)31(35,36)37/h5-6,13-16,20,25-26,41-42H,7-12,17H2,1-4H3/t20-,25+,26+/m1/s1. The van der Waals surface area contributed by atoms with Gasteiger partial charge in [0.2, 0.25) is 5.91 Å². The minimum Gasteiger partial charge on any atom is -0.396 e. The summed E-state index contributed by atoms with van der Waals surface area (Å²) in [5, 5.41) is 19.6. The summed E-state index contributed by atoms with van der Waals surface area (Å²) < 4.78 is 81.4. The van der Waals surface area contributed by atoms with E-state index in [2.05, 4.69) is 0 Å². The molecular formula is C31H37F6N3O4. The Morgan fingerprint density at radius 3 is 2.07 bits per heavy atom. The monoisotopic (exact) mass is 629 g/mol. The van der Waals surface area contributed by atoms with Crippen molar-refractivity contribution in [3.05, 3.63) is 69.8 Å². The lowest BCUT2D eigenvalue weighted by atomic mass is 9.77. The van der Waals surface area contributed by atoms with Crippen molar-refractivity contribution < 1.29 is 46.1 Å². The number of rotatable bonds is 7. The fourth-order valence-corrected chi connectivity index (χ4v) is 6.62. The molecule has 0 aromatic heterocycles. The largest absolute Gasteiger partial charge is 0.416 e. The molecule has 2 aliphatic rings. The normalized spacial score (nSPS) is 21.0. The van der Waals surface area contributed by atoms with E-state index >= 15 is 0 Å². The number of fused-ring (bicyclic) bond motifs is 1. The van der Waals surface area contributed by atoms with Gasteiger partial charge in [-0.2, -0.15) is 26.3 Å². The van der Waals surface area contributed by atoms with Crippen LogP contribution < -0.4 is 0 Å². The summed E-state index contributed by atoms with van der Waals surface area (Å²) in [7, 11) is 1.33. The van der Waals surface area contributed by atoms with Gasteiger partial charge in [-0.25, -0.2) is 4.79 Å². The van der Waals surface area contributed by atoms with Crippen molar-refractivity contribution in [3.8, 4) is 0 Å². The third-order valence-corrected chi connectivity index (χ3v) is 9.15. The van der Waals surface area contributed by atoms with E-state index < -0.39 is 53.1 Å². The van der Waals surface area contributed by atoms with E-state index in [4.69, 9.17) is 0 Å². The van der Waals surface area contributed by atoms with Crippen molar-refractivity contribution in [1.82, 2.24) is 14.7 Å². The number of aryl methyl sites for hydroxylation is 2. The fraction of sp³-hybridized carbons (Fsp3) is 0.548. The van der Waals surface area contributed by atoms with Gasteiger partial charge in [-0.15, -0.1) is 0 Å². The summed E-state index contributed by atoms with van der Waals surface area (Å²) in [6.45, 7) is 4.73. The van der Waals surface area contributed by atoms with Crippen LogP contribution in [-0.4, -0.2) is 76.2 Å². The average molecular weight is 630 g/mol. The maximum absolute atomic E-state index is 14.2. The van der Waals surface area contributed by atoms with Gasteiger partial charge in [0, 0.05) is 33.4 Å². The molecule has 0 bridgehead atoms. The first-order chi connectivity index (χ1) is 20.4. The quantitative estimate of drug-likeness (QED) is 0.376. The molecular weight excluding hydrogens is 592 g/mol. The van der Waals surface area contributed by atoms with E-state index in [1.54, 1.807) is 4.90 Å². The van der Waals surface area contributed by atoms with Gasteiger partial charge in [0.25, 0.3) is 0 Å². The Kier molecular flexibility index (Phi) is 9.33. The van der Waals surface area contributed by atoms with Crippen LogP contribution in [0.15, 0.2) is 36.4 Å². The van der Waals surface area contributed by atoms with Crippen LogP contribution in [0.5, 0.6) is 0 Å². The Morgan fingerprint density at radius 2 is 1.55 bits per heavy atom. The van der Waals surface area contributed by atoms with Crippen LogP contribution in [0.4, 0.5) is 31.1 Å². The van der Waals surface area contributed by atoms with E-state index in [1.807, 2.05) is 32.0 Å². The second-order valence-electron chi connectivity index (χ2n) is 11.9. The molecule has 7 nitrogen and oxygen atoms in total. The summed E-state index contributed by atoms with van der Waals surface area (Å²) in [4.78, 5) is 32.2. The molecule has 0 aliphatic carbocycles. The first-order valence-electron chi connectivity index (χ1n) is 14.4. The third-order valence-electron chi connectivity index (χ3n) is 9.15. The maximum Gasteiger partial charge on any atom is 0.416 e. The van der Waals surface area contributed by atoms with Crippen molar-refractivity contribution in [3.63, 3.8) is 0 Å². The molecule has 0 spiro atoms. The van der Waals surface area contributed by atoms with Gasteiger partial charge in [0.15, 0.2) is 0 Å². The van der Waals surface area contributed by atoms with Gasteiger partial charge in [0.1, 0.15) is 0 Å². The lowest BCUT2D eigenvalue weighted by Gasteiger charge is -2.47. The zero-order chi connectivity index (χ0) is 32.8. The molecule has 0 unspecified atom stereocenters. The van der Waals surface area contributed by atoms with E-state index in [-0.39, 0.29) is 63.1 Å². The van der Waals surface area contributed by atoms with Crippen molar-refractivity contribution in [2.45, 2.75) is 70.5 Å². The number of amides is 3. The van der Waals surface area contributed by atoms with E-state index in [1.165, 1.54) is 18.9 Å². The zero-order valence-electron chi connectivity index (χ0n) is 25.0. The van der Waals surface area contributed by atoms with Gasteiger partial charge in [-0.1, -0.05) is 23.8 Å². The molecule has 2 saturated heterocycles. The molecule has 2 aliphatic heterocycles. The number of carbonyl (C=O) groups excluding carboxylic acids is 2. The second kappa shape index (κ2) is 12.2. The number of piperazine rings is 1. The lowest BCUT2D eigenvalue weighted by Crippen LogP contribution is -2.57. The summed E-state index contributed by atoms with van der Waals surface area (Å²) in [5.74, 6) is -0.224. The van der Waals surface area contributed by atoms with E-state index in [0.717, 1.165) is 21.6 Å². The minimum absolute atomic E-state index is 0.0515. The Bertz CT molecular complexity index is 1360. The van der Waals surface area contributed by atoms with Crippen LogP contribution in [-0.2, 0) is 17.1 Å². The number of carbonyl (C=O) groups is 2. The van der Waals surface area contributed by atoms with Crippen LogP contribution in [0, 0.1) is 19.3 Å². The lowest BCUT2D eigenvalue weighted by molar-refractivity contribution is -0.143. The van der Waals surface area contributed by atoms with Crippen LogP contribution in [0.25, 0.3) is 0 Å². The smallest absolute Gasteiger partial charge is 0.396 e. The SMILES string of the molecule is Cc1ccc(C)c([C@H]2[C@@H]3CC(CCO)(CCO)C(=O)N3CCN2C(=O)N(C)[C@H](C)c2cc(C(F)(F)F)cc(C(F)(F)F)c2)c1. The molecule has 2 N–H and O–H groups in total. The number of halogens is 6. The molecule has 2 fully saturated rings. The molecule has 2 heterocycles. The third kappa shape index (κ3) is 6.26. The number of hydrogen-bond acceptors (Lipinski definition) is 4. The van der Waals surface area contributed by atoms with Gasteiger partial charge in [0.05, 0.1) is 34.7 Å². The molecule has 13 heteroatoms. The molecule has 4 rings (SSSR count). The maximum atomic E-state index is 14.2. The number of benzene rings is 2. The number of alkyl halides is 6. The van der Waals surface area contributed by atoms with Crippen molar-refractivity contribution in [2.75, 3.05) is 33.4 Å². The fourth-order valence-electron chi connectivity index (χ4n) is 6.62. The van der Waals surface area contributed by atoms with Crippen molar-refractivity contribution in [1.29, 1.82) is 0 Å². The highest BCUT2D eigenvalue weighted by molar-refractivity contribution is 5.86. The van der Waals surface area contributed by atoms with Crippen LogP contribution in [0.1, 0.15) is 71.7 Å². The topological polar surface area (TPSA) is 84.3 Å². The van der Waals surface area contributed by atoms with Gasteiger partial charge < -0.3 is 24.9 Å². The molecule has 2 aromatic rings. The Morgan fingerprint density at radius 1 is 0.977 bits per heavy atom. The summed E-state index contributed by atoms with van der Waals surface area (Å²) >= 11 is 0. The second-order valence-corrected chi connectivity index (χ2v) is 11.9. The Labute approximate surface area is 252 Å². The van der Waals surface area contributed by atoms with Crippen molar-refractivity contribution in [2.24, 2.45) is 5.41 Å². The van der Waals surface area contributed by atoms with Crippen LogP contribution in [0.3, 0.4) is 0 Å². The highest BCUT2D eigenvalue weighted by atomic mass is 19.4. The number of urea groups is 1. The molecule has 3 atom stereocenters. The van der Waals surface area contributed by atoms with E-state index in [9.17, 15) is 46.1 Å². The minimum atomic E-state index is -5.03. The van der Waals surface area contributed by atoms with Gasteiger partial charge >= 0.3 is 18.4 Å². The average Bonchev–Trinajstić information content (AvgIpc) is 3.22. The molecule has 0 radical (unpaired) electrons. The van der Waals surface area contributed by atoms with Crippen LogP contribution >= 0.6 is 0 Å². The number of aliphatic hydroxyl groups is 2. The highest BCUT2D eigenvalue weighted by Gasteiger charge is 2.56. The zero-order valence-corrected chi connectivity index (χ0v) is 25.0. The van der Waals surface area contributed by atoms with Gasteiger partial charge in [-0.05, 0) is 74.9 Å². The number of hydrogen-bond donors (Lipinski definition) is 2. The van der Waals surface area contributed by atoms with Crippen molar-refractivity contribution >= 4 is 11.9 Å². The summed E-state index contributed by atoms with van der Waals surface area (Å²) in [6.07, 6.45) is -9.57. The summed E-state index contributed by atoms with van der Waals surface area (Å²) in [5.41, 5.74) is -1.82. The van der Waals surface area contributed by atoms with Crippen LogP contribution in [0.2, 0.25) is 0 Å². The highest BCUT2D eigenvalue weighted by Crippen LogP contribution is 2.49. The Balaban J connectivity index is 1.76. The molecule has 44 heavy (non-hydrogen) atoms. The molecule has 2 aromatic carbocycles. The summed E-state index contributed by atoms with van der Waals surface area (Å²) in [6, 6.07) is 3.95. The number of nitrogens with zero attached hydrogens (tertiary/aromatic N) is 3. The predicted octanol–water partition coefficient (Wildman–Crippen LogP) is 5.86. The number of aliphatic hydroxyl groups excluding tert-OH is 2. The van der Waals surface area contributed by atoms with Gasteiger partial charge in [-0.3, -0.25) is 4.79 Å². The molecule has 0 saturated carbocycles. The Hall–Kier alpha value is -3.32. The first kappa shape index (κ1) is 33.6. The molecule has 3 amide bonds. The van der Waals surface area contributed by atoms with E-state index in [0.29, 0.717) is 12.1 Å². The molecule has 242 valence electrons. The first-order valence-corrected chi connectivity index (χ1v) is 14.4. The predicted molar refractivity (Wildman–Crippen MR) is 149 cm³/mol.